The fraction of sp³-hybridized carbons (Fsp3) is 0.350. The minimum atomic E-state index is -1.57. The number of para-hydroxylation sites is 1. The molecule has 1 aliphatic heterocycles. The Labute approximate surface area is 161 Å². The van der Waals surface area contributed by atoms with E-state index in [1.54, 1.807) is 54.6 Å². The normalized spacial score (nSPS) is 27.2. The van der Waals surface area contributed by atoms with E-state index >= 15 is 0 Å². The average molecular weight is 390 g/mol. The van der Waals surface area contributed by atoms with Crippen LogP contribution in [0.25, 0.3) is 0 Å². The summed E-state index contributed by atoms with van der Waals surface area (Å²) in [5, 5.41) is 39.8. The standard InChI is InChI=1S/C20H22O8/c21-10-13-8-4-5-9-14(13)27-20-18(24)17(23)16(22)15(28-20)11-26-19(25)12-6-2-1-3-7-12/h1-9,15-18,20-24H,10-11H2/t15-,16-,17+,18-,20-/m0/s1. The van der Waals surface area contributed by atoms with Crippen LogP contribution < -0.4 is 4.74 Å². The molecule has 0 bridgehead atoms. The predicted molar refractivity (Wildman–Crippen MR) is 96.4 cm³/mol. The highest BCUT2D eigenvalue weighted by atomic mass is 16.7. The zero-order valence-electron chi connectivity index (χ0n) is 14.9. The number of benzene rings is 2. The minimum Gasteiger partial charge on any atom is -0.462 e. The highest BCUT2D eigenvalue weighted by Crippen LogP contribution is 2.27. The van der Waals surface area contributed by atoms with Gasteiger partial charge in [-0.1, -0.05) is 36.4 Å². The summed E-state index contributed by atoms with van der Waals surface area (Å²) in [5.41, 5.74) is 0.795. The molecule has 0 amide bonds. The van der Waals surface area contributed by atoms with Gasteiger partial charge in [0.05, 0.1) is 12.2 Å². The summed E-state index contributed by atoms with van der Waals surface area (Å²) in [4.78, 5) is 12.1. The average Bonchev–Trinajstić information content (AvgIpc) is 2.74. The van der Waals surface area contributed by atoms with Crippen molar-refractivity contribution in [2.75, 3.05) is 6.61 Å². The van der Waals surface area contributed by atoms with Gasteiger partial charge in [-0.25, -0.2) is 4.79 Å². The van der Waals surface area contributed by atoms with Crippen LogP contribution in [-0.2, 0) is 16.1 Å². The molecule has 8 heteroatoms. The molecule has 0 saturated carbocycles. The molecule has 1 saturated heterocycles. The van der Waals surface area contributed by atoms with Crippen LogP contribution in [0.1, 0.15) is 15.9 Å². The van der Waals surface area contributed by atoms with Gasteiger partial charge in [-0.3, -0.25) is 0 Å². The van der Waals surface area contributed by atoms with Gasteiger partial charge >= 0.3 is 5.97 Å². The van der Waals surface area contributed by atoms with Crippen LogP contribution in [-0.4, -0.2) is 63.7 Å². The smallest absolute Gasteiger partial charge is 0.338 e. The molecule has 28 heavy (non-hydrogen) atoms. The SMILES string of the molecule is O=C(OC[C@@H]1O[C@H](Oc2ccccc2CO)[C@@H](O)[C@H](O)[C@H]1O)c1ccccc1. The fourth-order valence-electron chi connectivity index (χ4n) is 2.84. The summed E-state index contributed by atoms with van der Waals surface area (Å²) >= 11 is 0. The number of esters is 1. The fourth-order valence-corrected chi connectivity index (χ4v) is 2.84. The molecular formula is C20H22O8. The largest absolute Gasteiger partial charge is 0.462 e. The third kappa shape index (κ3) is 4.49. The van der Waals surface area contributed by atoms with E-state index in [1.165, 1.54) is 0 Å². The van der Waals surface area contributed by atoms with E-state index in [0.717, 1.165) is 0 Å². The first-order chi connectivity index (χ1) is 13.5. The molecule has 8 nitrogen and oxygen atoms in total. The molecule has 0 radical (unpaired) electrons. The molecule has 2 aromatic rings. The summed E-state index contributed by atoms with van der Waals surface area (Å²) in [6.45, 7) is -0.636. The molecule has 0 aliphatic carbocycles. The monoisotopic (exact) mass is 390 g/mol. The summed E-state index contributed by atoms with van der Waals surface area (Å²) in [6.07, 6.45) is -7.03. The molecule has 3 rings (SSSR count). The van der Waals surface area contributed by atoms with Crippen LogP contribution in [0, 0.1) is 0 Å². The van der Waals surface area contributed by atoms with Crippen molar-refractivity contribution >= 4 is 5.97 Å². The van der Waals surface area contributed by atoms with Crippen LogP contribution in [0.15, 0.2) is 54.6 Å². The maximum Gasteiger partial charge on any atom is 0.338 e. The van der Waals surface area contributed by atoms with E-state index in [4.69, 9.17) is 14.2 Å². The zero-order valence-corrected chi connectivity index (χ0v) is 14.9. The number of aliphatic hydroxyl groups excluding tert-OH is 4. The van der Waals surface area contributed by atoms with Crippen molar-refractivity contribution < 1.29 is 39.4 Å². The maximum atomic E-state index is 12.1. The van der Waals surface area contributed by atoms with Gasteiger partial charge in [-0.05, 0) is 18.2 Å². The Hall–Kier alpha value is -2.49. The molecule has 0 unspecified atom stereocenters. The van der Waals surface area contributed by atoms with Gasteiger partial charge < -0.3 is 34.6 Å². The lowest BCUT2D eigenvalue weighted by molar-refractivity contribution is -0.277. The van der Waals surface area contributed by atoms with Gasteiger partial charge in [-0.15, -0.1) is 0 Å². The van der Waals surface area contributed by atoms with Gasteiger partial charge in [0, 0.05) is 5.56 Å². The van der Waals surface area contributed by atoms with Gasteiger partial charge in [0.15, 0.2) is 0 Å². The van der Waals surface area contributed by atoms with Gasteiger partial charge in [0.25, 0.3) is 0 Å². The van der Waals surface area contributed by atoms with Gasteiger partial charge in [0.2, 0.25) is 6.29 Å². The van der Waals surface area contributed by atoms with Crippen molar-refractivity contribution in [2.24, 2.45) is 0 Å². The van der Waals surface area contributed by atoms with Gasteiger partial charge in [-0.2, -0.15) is 0 Å². The summed E-state index contributed by atoms with van der Waals surface area (Å²) in [7, 11) is 0. The summed E-state index contributed by atoms with van der Waals surface area (Å²) in [6, 6.07) is 14.9. The summed E-state index contributed by atoms with van der Waals surface area (Å²) < 4.78 is 16.3. The molecule has 2 aromatic carbocycles. The zero-order chi connectivity index (χ0) is 20.1. The first-order valence-corrected chi connectivity index (χ1v) is 8.78. The lowest BCUT2D eigenvalue weighted by Gasteiger charge is -2.40. The molecule has 5 atom stereocenters. The maximum absolute atomic E-state index is 12.1. The van der Waals surface area contributed by atoms with E-state index in [0.29, 0.717) is 11.1 Å². The number of ether oxygens (including phenoxy) is 3. The second kappa shape index (κ2) is 9.13. The second-order valence-electron chi connectivity index (χ2n) is 6.36. The van der Waals surface area contributed by atoms with Crippen LogP contribution in [0.3, 0.4) is 0 Å². The van der Waals surface area contributed by atoms with Crippen LogP contribution in [0.5, 0.6) is 5.75 Å². The molecular weight excluding hydrogens is 368 g/mol. The predicted octanol–water partition coefficient (Wildman–Crippen LogP) is 0.222. The first-order valence-electron chi connectivity index (χ1n) is 8.78. The highest BCUT2D eigenvalue weighted by Gasteiger charge is 2.45. The number of hydrogen-bond acceptors (Lipinski definition) is 8. The second-order valence-corrected chi connectivity index (χ2v) is 6.36. The van der Waals surface area contributed by atoms with E-state index in [2.05, 4.69) is 0 Å². The third-order valence-corrected chi connectivity index (χ3v) is 4.44. The van der Waals surface area contributed by atoms with E-state index in [1.807, 2.05) is 0 Å². The van der Waals surface area contributed by atoms with E-state index < -0.39 is 36.7 Å². The summed E-state index contributed by atoms with van der Waals surface area (Å²) in [5.74, 6) is -0.349. The van der Waals surface area contributed by atoms with E-state index in [9.17, 15) is 25.2 Å². The lowest BCUT2D eigenvalue weighted by Crippen LogP contribution is -2.60. The van der Waals surface area contributed by atoms with E-state index in [-0.39, 0.29) is 19.0 Å². The lowest BCUT2D eigenvalue weighted by atomic mass is 9.99. The molecule has 0 spiro atoms. The van der Waals surface area contributed by atoms with Crippen molar-refractivity contribution in [1.82, 2.24) is 0 Å². The number of rotatable bonds is 6. The third-order valence-electron chi connectivity index (χ3n) is 4.44. The Morgan fingerprint density at radius 3 is 2.32 bits per heavy atom. The van der Waals surface area contributed by atoms with Crippen molar-refractivity contribution in [1.29, 1.82) is 0 Å². The highest BCUT2D eigenvalue weighted by molar-refractivity contribution is 5.89. The Bertz CT molecular complexity index is 781. The Balaban J connectivity index is 1.67. The number of carbonyl (C=O) groups is 1. The Morgan fingerprint density at radius 2 is 1.61 bits per heavy atom. The Morgan fingerprint density at radius 1 is 0.929 bits per heavy atom. The van der Waals surface area contributed by atoms with Crippen molar-refractivity contribution in [3.05, 3.63) is 65.7 Å². The molecule has 4 N–H and O–H groups in total. The molecule has 1 aliphatic rings. The van der Waals surface area contributed by atoms with Crippen LogP contribution in [0.4, 0.5) is 0 Å². The molecule has 1 heterocycles. The molecule has 1 fully saturated rings. The van der Waals surface area contributed by atoms with Crippen molar-refractivity contribution in [2.45, 2.75) is 37.3 Å². The quantitative estimate of drug-likeness (QED) is 0.516. The number of carbonyl (C=O) groups excluding carboxylic acids is 1. The number of aliphatic hydroxyl groups is 4. The number of hydrogen-bond donors (Lipinski definition) is 4. The molecule has 0 aromatic heterocycles. The van der Waals surface area contributed by atoms with Crippen LogP contribution >= 0.6 is 0 Å². The first kappa shape index (κ1) is 20.2. The molecule has 150 valence electrons. The van der Waals surface area contributed by atoms with Crippen molar-refractivity contribution in [3.63, 3.8) is 0 Å². The van der Waals surface area contributed by atoms with Crippen molar-refractivity contribution in [3.8, 4) is 5.75 Å². The van der Waals surface area contributed by atoms with Crippen LogP contribution in [0.2, 0.25) is 0 Å². The topological polar surface area (TPSA) is 126 Å². The Kier molecular flexibility index (Phi) is 6.61. The minimum absolute atomic E-state index is 0.262. The van der Waals surface area contributed by atoms with Gasteiger partial charge in [0.1, 0.15) is 36.8 Å².